The summed E-state index contributed by atoms with van der Waals surface area (Å²) in [7, 11) is 0. The molecule has 1 aliphatic heterocycles. The van der Waals surface area contributed by atoms with Gasteiger partial charge < -0.3 is 9.15 Å². The minimum Gasteiger partial charge on any atom is -0.444 e. The van der Waals surface area contributed by atoms with Crippen molar-refractivity contribution in [2.75, 3.05) is 6.73 Å². The predicted octanol–water partition coefficient (Wildman–Crippen LogP) is 3.13. The van der Waals surface area contributed by atoms with Gasteiger partial charge in [-0.2, -0.15) is 0 Å². The van der Waals surface area contributed by atoms with Crippen molar-refractivity contribution < 1.29 is 18.4 Å². The van der Waals surface area contributed by atoms with Crippen LogP contribution >= 0.6 is 0 Å². The largest absolute Gasteiger partial charge is 0.444 e. The molecule has 1 atom stereocenters. The smallest absolute Gasteiger partial charge is 0.336 e. The maximum atomic E-state index is 13.1. The molecule has 0 amide bonds. The first-order valence-corrected chi connectivity index (χ1v) is 9.35. The lowest BCUT2D eigenvalue weighted by Gasteiger charge is -2.27. The fourth-order valence-corrected chi connectivity index (χ4v) is 3.88. The summed E-state index contributed by atoms with van der Waals surface area (Å²) in [5.74, 6) is 0.600. The van der Waals surface area contributed by atoms with Crippen LogP contribution in [0.3, 0.4) is 0 Å². The van der Waals surface area contributed by atoms with E-state index in [1.165, 1.54) is 17.0 Å². The fourth-order valence-electron chi connectivity index (χ4n) is 3.88. The topological polar surface area (TPSA) is 43.9 Å². The number of quaternary nitrogens is 1. The molecule has 0 radical (unpaired) electrons. The molecule has 4 nitrogen and oxygen atoms in total. The summed E-state index contributed by atoms with van der Waals surface area (Å²) in [6.07, 6.45) is 1.81. The molecule has 0 fully saturated rings. The van der Waals surface area contributed by atoms with Crippen molar-refractivity contribution in [3.05, 3.63) is 74.9 Å². The average molecular weight is 368 g/mol. The van der Waals surface area contributed by atoms with Gasteiger partial charge in [0, 0.05) is 28.1 Å². The first-order valence-electron chi connectivity index (χ1n) is 9.35. The molecular weight excluding hydrogens is 345 g/mol. The molecule has 5 heteroatoms. The van der Waals surface area contributed by atoms with Crippen LogP contribution in [0.1, 0.15) is 35.6 Å². The molecule has 3 aromatic rings. The highest BCUT2D eigenvalue weighted by atomic mass is 19.1. The lowest BCUT2D eigenvalue weighted by molar-refractivity contribution is -0.945. The number of fused-ring (bicyclic) bond motifs is 2. The maximum absolute atomic E-state index is 13.1. The van der Waals surface area contributed by atoms with E-state index in [0.717, 1.165) is 59.3 Å². The normalized spacial score (nSPS) is 16.2. The minimum absolute atomic E-state index is 0.221. The van der Waals surface area contributed by atoms with E-state index in [1.54, 1.807) is 6.07 Å². The second-order valence-electron chi connectivity index (χ2n) is 7.23. The van der Waals surface area contributed by atoms with Crippen LogP contribution in [0.2, 0.25) is 0 Å². The molecule has 0 saturated heterocycles. The Morgan fingerprint density at radius 1 is 1.19 bits per heavy atom. The Labute approximate surface area is 157 Å². The summed E-state index contributed by atoms with van der Waals surface area (Å²) in [6, 6.07) is 10.3. The Bertz CT molecular complexity index is 1040. The highest BCUT2D eigenvalue weighted by molar-refractivity contribution is 5.86. The van der Waals surface area contributed by atoms with Gasteiger partial charge in [-0.1, -0.05) is 25.5 Å². The van der Waals surface area contributed by atoms with E-state index in [2.05, 4.69) is 13.0 Å². The first kappa shape index (κ1) is 17.7. The van der Waals surface area contributed by atoms with Gasteiger partial charge in [0.05, 0.1) is 0 Å². The molecule has 0 bridgehead atoms. The van der Waals surface area contributed by atoms with Crippen LogP contribution in [0.4, 0.5) is 4.39 Å². The monoisotopic (exact) mass is 368 g/mol. The Kier molecular flexibility index (Phi) is 4.70. The molecule has 2 heterocycles. The summed E-state index contributed by atoms with van der Waals surface area (Å²) in [6.45, 7) is 6.15. The van der Waals surface area contributed by atoms with Gasteiger partial charge in [0.25, 0.3) is 0 Å². The number of ether oxygens (including phenoxy) is 1. The second kappa shape index (κ2) is 7.16. The van der Waals surface area contributed by atoms with Gasteiger partial charge in [0.15, 0.2) is 0 Å². The van der Waals surface area contributed by atoms with Crippen LogP contribution in [0.15, 0.2) is 45.6 Å². The molecule has 0 spiro atoms. The van der Waals surface area contributed by atoms with Crippen LogP contribution in [0.25, 0.3) is 11.0 Å². The van der Waals surface area contributed by atoms with Crippen molar-refractivity contribution in [2.45, 2.75) is 39.8 Å². The molecule has 4 rings (SSSR count). The molecule has 1 aromatic heterocycles. The van der Waals surface area contributed by atoms with Gasteiger partial charge in [-0.05, 0) is 37.1 Å². The Morgan fingerprint density at radius 2 is 1.96 bits per heavy atom. The average Bonchev–Trinajstić information content (AvgIpc) is 2.65. The zero-order chi connectivity index (χ0) is 19.0. The number of halogens is 1. The zero-order valence-corrected chi connectivity index (χ0v) is 15.6. The number of aryl methyl sites for hydroxylation is 2. The van der Waals surface area contributed by atoms with Gasteiger partial charge in [0.1, 0.15) is 30.2 Å². The highest BCUT2D eigenvalue weighted by Gasteiger charge is 2.25. The molecular formula is C22H23FNO3+. The van der Waals surface area contributed by atoms with Crippen LogP contribution in [0, 0.1) is 12.7 Å². The molecule has 27 heavy (non-hydrogen) atoms. The van der Waals surface area contributed by atoms with Crippen LogP contribution < -0.4 is 15.3 Å². The number of hydrogen-bond acceptors (Lipinski definition) is 3. The Balaban J connectivity index is 1.70. The number of nitrogens with one attached hydrogen (secondary N) is 1. The summed E-state index contributed by atoms with van der Waals surface area (Å²) in [4.78, 5) is 13.2. The molecule has 0 aliphatic carbocycles. The first-order chi connectivity index (χ1) is 13.0. The second-order valence-corrected chi connectivity index (χ2v) is 7.23. The third kappa shape index (κ3) is 3.47. The maximum Gasteiger partial charge on any atom is 0.336 e. The lowest BCUT2D eigenvalue weighted by Crippen LogP contribution is -3.10. The van der Waals surface area contributed by atoms with Crippen molar-refractivity contribution in [2.24, 2.45) is 0 Å². The standard InChI is InChI=1S/C22H22FNO3/c1-3-4-16-10-20(25)27-22-14(2)21-17(9-19(16)22)12-24(13-26-21)11-15-5-7-18(23)8-6-15/h5-10H,3-4,11-13H2,1-2H3/p+1. The third-order valence-electron chi connectivity index (χ3n) is 5.12. The predicted molar refractivity (Wildman–Crippen MR) is 101 cm³/mol. The summed E-state index contributed by atoms with van der Waals surface area (Å²) >= 11 is 0. The van der Waals surface area contributed by atoms with Crippen molar-refractivity contribution in [3.63, 3.8) is 0 Å². The molecule has 140 valence electrons. The molecule has 1 N–H and O–H groups in total. The van der Waals surface area contributed by atoms with Gasteiger partial charge >= 0.3 is 5.63 Å². The van der Waals surface area contributed by atoms with E-state index < -0.39 is 0 Å². The van der Waals surface area contributed by atoms with Crippen LogP contribution in [0.5, 0.6) is 5.75 Å². The van der Waals surface area contributed by atoms with E-state index >= 15 is 0 Å². The SMILES string of the molecule is CCCc1cc(=O)oc2c(C)c3c(cc12)C[NH+](Cc1ccc(F)cc1)CO3. The quantitative estimate of drug-likeness (QED) is 0.720. The molecule has 1 unspecified atom stereocenters. The van der Waals surface area contributed by atoms with E-state index in [1.807, 2.05) is 19.1 Å². The van der Waals surface area contributed by atoms with Gasteiger partial charge in [-0.3, -0.25) is 4.90 Å². The molecule has 1 aliphatic rings. The van der Waals surface area contributed by atoms with Crippen molar-refractivity contribution in [1.29, 1.82) is 0 Å². The van der Waals surface area contributed by atoms with Crippen molar-refractivity contribution in [3.8, 4) is 5.75 Å². The van der Waals surface area contributed by atoms with Gasteiger partial charge in [0.2, 0.25) is 6.73 Å². The van der Waals surface area contributed by atoms with E-state index in [9.17, 15) is 9.18 Å². The number of rotatable bonds is 4. The summed E-state index contributed by atoms with van der Waals surface area (Å²) in [5.41, 5.74) is 4.43. The Morgan fingerprint density at radius 3 is 2.70 bits per heavy atom. The van der Waals surface area contributed by atoms with E-state index in [-0.39, 0.29) is 11.4 Å². The molecule has 2 aromatic carbocycles. The number of benzene rings is 2. The fraction of sp³-hybridized carbons (Fsp3) is 0.318. The van der Waals surface area contributed by atoms with Gasteiger partial charge in [-0.15, -0.1) is 0 Å². The summed E-state index contributed by atoms with van der Waals surface area (Å²) in [5, 5.41) is 0.999. The molecule has 0 saturated carbocycles. The van der Waals surface area contributed by atoms with Crippen LogP contribution in [-0.4, -0.2) is 6.73 Å². The highest BCUT2D eigenvalue weighted by Crippen LogP contribution is 2.33. The summed E-state index contributed by atoms with van der Waals surface area (Å²) < 4.78 is 24.7. The van der Waals surface area contributed by atoms with E-state index in [0.29, 0.717) is 12.3 Å². The van der Waals surface area contributed by atoms with E-state index in [4.69, 9.17) is 9.15 Å². The van der Waals surface area contributed by atoms with Crippen LogP contribution in [-0.2, 0) is 19.5 Å². The Hall–Kier alpha value is -2.66. The van der Waals surface area contributed by atoms with Crippen molar-refractivity contribution >= 4 is 11.0 Å². The zero-order valence-electron chi connectivity index (χ0n) is 15.6. The van der Waals surface area contributed by atoms with Gasteiger partial charge in [-0.25, -0.2) is 9.18 Å². The van der Waals surface area contributed by atoms with Crippen molar-refractivity contribution in [1.82, 2.24) is 0 Å². The lowest BCUT2D eigenvalue weighted by atomic mass is 9.98. The number of hydrogen-bond donors (Lipinski definition) is 1. The minimum atomic E-state index is -0.312. The third-order valence-corrected chi connectivity index (χ3v) is 5.12.